The van der Waals surface area contributed by atoms with Gasteiger partial charge in [0.05, 0.1) is 6.10 Å². The van der Waals surface area contributed by atoms with Crippen molar-refractivity contribution in [3.63, 3.8) is 0 Å². The zero-order valence-corrected chi connectivity index (χ0v) is 13.3. The molecule has 2 rings (SSSR count). The summed E-state index contributed by atoms with van der Waals surface area (Å²) in [4.78, 5) is 2.52. The number of piperidine rings is 1. The van der Waals surface area contributed by atoms with Gasteiger partial charge in [0.2, 0.25) is 0 Å². The molecule has 2 atom stereocenters. The molecular weight excluding hydrogens is 248 g/mol. The van der Waals surface area contributed by atoms with E-state index in [0.717, 1.165) is 25.9 Å². The van der Waals surface area contributed by atoms with Gasteiger partial charge in [0, 0.05) is 32.8 Å². The molecule has 1 aromatic carbocycles. The van der Waals surface area contributed by atoms with Crippen molar-refractivity contribution >= 4 is 0 Å². The first-order valence-corrected chi connectivity index (χ1v) is 7.58. The van der Waals surface area contributed by atoms with Crippen LogP contribution in [0.2, 0.25) is 0 Å². The number of hydrogen-bond acceptors (Lipinski definition) is 3. The molecule has 0 bridgehead atoms. The van der Waals surface area contributed by atoms with E-state index in [1.54, 1.807) is 7.11 Å². The minimum absolute atomic E-state index is 0.376. The van der Waals surface area contributed by atoms with E-state index in [1.807, 2.05) is 0 Å². The van der Waals surface area contributed by atoms with Crippen LogP contribution < -0.4 is 5.73 Å². The van der Waals surface area contributed by atoms with Crippen molar-refractivity contribution in [3.8, 4) is 0 Å². The SMILES string of the molecule is COC1CCN(Cc2cc(C)c(C)cc2C)C(CN)C1. The van der Waals surface area contributed by atoms with E-state index in [4.69, 9.17) is 10.5 Å². The number of hydrogen-bond donors (Lipinski definition) is 1. The molecule has 1 fully saturated rings. The van der Waals surface area contributed by atoms with Crippen LogP contribution in [0.5, 0.6) is 0 Å². The summed E-state index contributed by atoms with van der Waals surface area (Å²) in [6, 6.07) is 5.07. The van der Waals surface area contributed by atoms with E-state index in [9.17, 15) is 0 Å². The lowest BCUT2D eigenvalue weighted by Crippen LogP contribution is -2.48. The van der Waals surface area contributed by atoms with Crippen LogP contribution >= 0.6 is 0 Å². The van der Waals surface area contributed by atoms with Gasteiger partial charge in [-0.25, -0.2) is 0 Å². The lowest BCUT2D eigenvalue weighted by atomic mass is 9.96. The number of ether oxygens (including phenoxy) is 1. The number of likely N-dealkylation sites (tertiary alicyclic amines) is 1. The molecule has 0 aliphatic carbocycles. The zero-order chi connectivity index (χ0) is 14.7. The Labute approximate surface area is 123 Å². The smallest absolute Gasteiger partial charge is 0.0599 e. The zero-order valence-electron chi connectivity index (χ0n) is 13.3. The van der Waals surface area contributed by atoms with Gasteiger partial charge in [0.15, 0.2) is 0 Å². The monoisotopic (exact) mass is 276 g/mol. The van der Waals surface area contributed by atoms with Crippen molar-refractivity contribution in [2.75, 3.05) is 20.2 Å². The molecular formula is C17H28N2O. The van der Waals surface area contributed by atoms with Crippen LogP contribution in [-0.4, -0.2) is 37.2 Å². The Morgan fingerprint density at radius 1 is 1.20 bits per heavy atom. The fraction of sp³-hybridized carbons (Fsp3) is 0.647. The third-order valence-electron chi connectivity index (χ3n) is 4.72. The molecule has 1 aliphatic rings. The van der Waals surface area contributed by atoms with Gasteiger partial charge in [-0.15, -0.1) is 0 Å². The molecule has 20 heavy (non-hydrogen) atoms. The Bertz CT molecular complexity index is 459. The minimum atomic E-state index is 0.376. The van der Waals surface area contributed by atoms with Crippen molar-refractivity contribution in [1.29, 1.82) is 0 Å². The number of nitrogens with two attached hydrogens (primary N) is 1. The van der Waals surface area contributed by atoms with Crippen molar-refractivity contribution in [3.05, 3.63) is 34.4 Å². The molecule has 0 spiro atoms. The minimum Gasteiger partial charge on any atom is -0.381 e. The van der Waals surface area contributed by atoms with Gasteiger partial charge in [-0.05, 0) is 55.9 Å². The van der Waals surface area contributed by atoms with Crippen LogP contribution in [0.25, 0.3) is 0 Å². The van der Waals surface area contributed by atoms with E-state index >= 15 is 0 Å². The molecule has 1 saturated heterocycles. The molecule has 2 unspecified atom stereocenters. The van der Waals surface area contributed by atoms with Crippen LogP contribution in [0.4, 0.5) is 0 Å². The van der Waals surface area contributed by atoms with Crippen molar-refractivity contribution in [2.24, 2.45) is 5.73 Å². The molecule has 0 aromatic heterocycles. The number of methoxy groups -OCH3 is 1. The molecule has 112 valence electrons. The highest BCUT2D eigenvalue weighted by Crippen LogP contribution is 2.23. The standard InChI is InChI=1S/C17H28N2O/c1-12-7-14(3)15(8-13(12)2)11-19-6-5-17(20-4)9-16(19)10-18/h7-8,16-17H,5-6,9-11,18H2,1-4H3. The first-order chi connectivity index (χ1) is 9.55. The first-order valence-electron chi connectivity index (χ1n) is 7.58. The number of rotatable bonds is 4. The second-order valence-electron chi connectivity index (χ2n) is 6.11. The predicted molar refractivity (Wildman–Crippen MR) is 83.9 cm³/mol. The van der Waals surface area contributed by atoms with E-state index < -0.39 is 0 Å². The molecule has 2 N–H and O–H groups in total. The Morgan fingerprint density at radius 3 is 2.55 bits per heavy atom. The Morgan fingerprint density at radius 2 is 1.90 bits per heavy atom. The van der Waals surface area contributed by atoms with Gasteiger partial charge < -0.3 is 10.5 Å². The summed E-state index contributed by atoms with van der Waals surface area (Å²) in [5, 5.41) is 0. The van der Waals surface area contributed by atoms with Crippen molar-refractivity contribution in [1.82, 2.24) is 4.90 Å². The Hall–Kier alpha value is -0.900. The highest BCUT2D eigenvalue weighted by atomic mass is 16.5. The molecule has 0 radical (unpaired) electrons. The van der Waals surface area contributed by atoms with Gasteiger partial charge in [-0.2, -0.15) is 0 Å². The van der Waals surface area contributed by atoms with E-state index in [0.29, 0.717) is 18.7 Å². The van der Waals surface area contributed by atoms with Crippen LogP contribution in [-0.2, 0) is 11.3 Å². The predicted octanol–water partition coefficient (Wildman–Crippen LogP) is 2.55. The summed E-state index contributed by atoms with van der Waals surface area (Å²) in [5.74, 6) is 0. The molecule has 0 amide bonds. The topological polar surface area (TPSA) is 38.5 Å². The largest absolute Gasteiger partial charge is 0.381 e. The maximum absolute atomic E-state index is 5.96. The fourth-order valence-electron chi connectivity index (χ4n) is 3.14. The molecule has 1 aromatic rings. The molecule has 3 nitrogen and oxygen atoms in total. The molecule has 1 aliphatic heterocycles. The number of nitrogens with zero attached hydrogens (tertiary/aromatic N) is 1. The highest BCUT2D eigenvalue weighted by molar-refractivity contribution is 5.36. The second kappa shape index (κ2) is 6.70. The van der Waals surface area contributed by atoms with Crippen LogP contribution in [0, 0.1) is 20.8 Å². The summed E-state index contributed by atoms with van der Waals surface area (Å²) in [6.45, 7) is 9.37. The average molecular weight is 276 g/mol. The fourth-order valence-corrected chi connectivity index (χ4v) is 3.14. The van der Waals surface area contributed by atoms with Gasteiger partial charge >= 0.3 is 0 Å². The van der Waals surface area contributed by atoms with Crippen LogP contribution in [0.3, 0.4) is 0 Å². The van der Waals surface area contributed by atoms with Gasteiger partial charge in [0.25, 0.3) is 0 Å². The second-order valence-corrected chi connectivity index (χ2v) is 6.11. The summed E-state index contributed by atoms with van der Waals surface area (Å²) < 4.78 is 5.50. The van der Waals surface area contributed by atoms with Gasteiger partial charge in [-0.3, -0.25) is 4.90 Å². The molecule has 3 heteroatoms. The quantitative estimate of drug-likeness (QED) is 0.918. The average Bonchev–Trinajstić information content (AvgIpc) is 2.45. The maximum atomic E-state index is 5.96. The van der Waals surface area contributed by atoms with Crippen molar-refractivity contribution < 1.29 is 4.74 Å². The Balaban J connectivity index is 2.11. The molecule has 0 saturated carbocycles. The normalized spacial score (nSPS) is 24.1. The summed E-state index contributed by atoms with van der Waals surface area (Å²) >= 11 is 0. The first kappa shape index (κ1) is 15.5. The van der Waals surface area contributed by atoms with E-state index in [-0.39, 0.29) is 0 Å². The lowest BCUT2D eigenvalue weighted by molar-refractivity contribution is 0.0101. The third kappa shape index (κ3) is 3.40. The summed E-state index contributed by atoms with van der Waals surface area (Å²) in [5.41, 5.74) is 11.5. The third-order valence-corrected chi connectivity index (χ3v) is 4.72. The van der Waals surface area contributed by atoms with Gasteiger partial charge in [0.1, 0.15) is 0 Å². The number of aryl methyl sites for hydroxylation is 3. The highest BCUT2D eigenvalue weighted by Gasteiger charge is 2.27. The maximum Gasteiger partial charge on any atom is 0.0599 e. The Kier molecular flexibility index (Phi) is 5.19. The summed E-state index contributed by atoms with van der Waals surface area (Å²) in [7, 11) is 1.81. The van der Waals surface area contributed by atoms with Gasteiger partial charge in [-0.1, -0.05) is 12.1 Å². The number of benzene rings is 1. The molecule has 1 heterocycles. The van der Waals surface area contributed by atoms with Crippen molar-refractivity contribution in [2.45, 2.75) is 52.3 Å². The van der Waals surface area contributed by atoms with E-state index in [1.165, 1.54) is 22.3 Å². The van der Waals surface area contributed by atoms with Crippen LogP contribution in [0.15, 0.2) is 12.1 Å². The van der Waals surface area contributed by atoms with Crippen LogP contribution in [0.1, 0.15) is 35.1 Å². The lowest BCUT2D eigenvalue weighted by Gasteiger charge is -2.38. The summed E-state index contributed by atoms with van der Waals surface area (Å²) in [6.07, 6.45) is 2.54. The van der Waals surface area contributed by atoms with E-state index in [2.05, 4.69) is 37.8 Å².